The molecule has 90 valence electrons. The van der Waals surface area contributed by atoms with Crippen LogP contribution in [0.3, 0.4) is 0 Å². The first-order valence-electron chi connectivity index (χ1n) is 5.69. The fourth-order valence-corrected chi connectivity index (χ4v) is 1.83. The highest BCUT2D eigenvalue weighted by molar-refractivity contribution is 5.43. The molecule has 18 heavy (non-hydrogen) atoms. The summed E-state index contributed by atoms with van der Waals surface area (Å²) in [5.41, 5.74) is 1.60. The maximum Gasteiger partial charge on any atom is 0.125 e. The van der Waals surface area contributed by atoms with E-state index in [1.165, 1.54) is 0 Å². The van der Waals surface area contributed by atoms with Crippen molar-refractivity contribution < 1.29 is 0 Å². The van der Waals surface area contributed by atoms with Gasteiger partial charge in [-0.2, -0.15) is 5.26 Å². The van der Waals surface area contributed by atoms with Crippen LogP contribution in [-0.4, -0.2) is 18.0 Å². The Morgan fingerprint density at radius 1 is 1.28 bits per heavy atom. The lowest BCUT2D eigenvalue weighted by Gasteiger charge is -2.25. The largest absolute Gasteiger partial charge is 0.277 e. The zero-order valence-electron chi connectivity index (χ0n) is 10.3. The standard InChI is InChI=1S/C16H16N2/c1-4-11-18(12-5-2)16(13-17)15-10-8-7-9-14(15)6-3/h3-5,7-10,16H,1-2,11-12H2. The van der Waals surface area contributed by atoms with Crippen LogP contribution in [0.15, 0.2) is 49.6 Å². The number of hydrogen-bond donors (Lipinski definition) is 0. The zero-order valence-corrected chi connectivity index (χ0v) is 10.3. The van der Waals surface area contributed by atoms with Gasteiger partial charge in [0.15, 0.2) is 0 Å². The van der Waals surface area contributed by atoms with E-state index >= 15 is 0 Å². The van der Waals surface area contributed by atoms with Crippen LogP contribution >= 0.6 is 0 Å². The molecule has 2 nitrogen and oxygen atoms in total. The van der Waals surface area contributed by atoms with Crippen LogP contribution in [0.4, 0.5) is 0 Å². The smallest absolute Gasteiger partial charge is 0.125 e. The molecule has 0 saturated carbocycles. The van der Waals surface area contributed by atoms with Crippen molar-refractivity contribution in [2.24, 2.45) is 0 Å². The Morgan fingerprint density at radius 3 is 2.39 bits per heavy atom. The van der Waals surface area contributed by atoms with E-state index < -0.39 is 0 Å². The Balaban J connectivity index is 3.15. The molecule has 0 aliphatic heterocycles. The summed E-state index contributed by atoms with van der Waals surface area (Å²) in [5, 5.41) is 9.39. The predicted octanol–water partition coefficient (Wildman–Crippen LogP) is 2.91. The first-order valence-corrected chi connectivity index (χ1v) is 5.69. The lowest BCUT2D eigenvalue weighted by molar-refractivity contribution is 0.291. The van der Waals surface area contributed by atoms with E-state index in [1.807, 2.05) is 29.2 Å². The highest BCUT2D eigenvalue weighted by Crippen LogP contribution is 2.23. The van der Waals surface area contributed by atoms with Gasteiger partial charge >= 0.3 is 0 Å². The third kappa shape index (κ3) is 3.10. The van der Waals surface area contributed by atoms with Crippen molar-refractivity contribution in [2.45, 2.75) is 6.04 Å². The van der Waals surface area contributed by atoms with Crippen molar-refractivity contribution in [1.29, 1.82) is 5.26 Å². The molecule has 0 heterocycles. The minimum absolute atomic E-state index is 0.381. The van der Waals surface area contributed by atoms with Gasteiger partial charge in [-0.05, 0) is 11.6 Å². The molecule has 1 unspecified atom stereocenters. The van der Waals surface area contributed by atoms with E-state index in [2.05, 4.69) is 25.1 Å². The third-order valence-corrected chi connectivity index (χ3v) is 2.63. The maximum absolute atomic E-state index is 9.39. The lowest BCUT2D eigenvalue weighted by Crippen LogP contribution is -2.28. The van der Waals surface area contributed by atoms with E-state index in [9.17, 15) is 5.26 Å². The van der Waals surface area contributed by atoms with Gasteiger partial charge in [0.25, 0.3) is 0 Å². The molecule has 0 amide bonds. The summed E-state index contributed by atoms with van der Waals surface area (Å²) in [6, 6.07) is 9.42. The second kappa shape index (κ2) is 7.12. The van der Waals surface area contributed by atoms with E-state index in [1.54, 1.807) is 12.2 Å². The first-order chi connectivity index (χ1) is 8.78. The van der Waals surface area contributed by atoms with Crippen LogP contribution in [0.1, 0.15) is 17.2 Å². The molecule has 0 saturated heterocycles. The van der Waals surface area contributed by atoms with Crippen LogP contribution in [0.5, 0.6) is 0 Å². The van der Waals surface area contributed by atoms with Gasteiger partial charge in [0.05, 0.1) is 6.07 Å². The molecular formula is C16H16N2. The number of nitriles is 1. The molecule has 1 aromatic rings. The van der Waals surface area contributed by atoms with Crippen molar-refractivity contribution in [3.8, 4) is 18.4 Å². The van der Waals surface area contributed by atoms with Crippen molar-refractivity contribution in [3.63, 3.8) is 0 Å². The minimum Gasteiger partial charge on any atom is -0.277 e. The zero-order chi connectivity index (χ0) is 13.4. The quantitative estimate of drug-likeness (QED) is 0.561. The Hall–Kier alpha value is -2.29. The number of rotatable bonds is 6. The number of terminal acetylenes is 1. The molecule has 0 bridgehead atoms. The molecule has 0 fully saturated rings. The highest BCUT2D eigenvalue weighted by atomic mass is 15.1. The van der Waals surface area contributed by atoms with Crippen molar-refractivity contribution in [3.05, 3.63) is 60.7 Å². The van der Waals surface area contributed by atoms with Gasteiger partial charge < -0.3 is 0 Å². The summed E-state index contributed by atoms with van der Waals surface area (Å²) in [5.74, 6) is 2.62. The lowest BCUT2D eigenvalue weighted by atomic mass is 10.00. The average molecular weight is 236 g/mol. The first kappa shape index (κ1) is 13.8. The van der Waals surface area contributed by atoms with E-state index in [0.29, 0.717) is 13.1 Å². The normalized spacial score (nSPS) is 11.3. The number of benzene rings is 1. The summed E-state index contributed by atoms with van der Waals surface area (Å²) in [7, 11) is 0. The predicted molar refractivity (Wildman–Crippen MR) is 74.7 cm³/mol. The van der Waals surface area contributed by atoms with Gasteiger partial charge in [-0.1, -0.05) is 36.3 Å². The molecule has 0 N–H and O–H groups in total. The van der Waals surface area contributed by atoms with Gasteiger partial charge in [-0.3, -0.25) is 4.90 Å². The maximum atomic E-state index is 9.39. The topological polar surface area (TPSA) is 27.0 Å². The third-order valence-electron chi connectivity index (χ3n) is 2.63. The summed E-state index contributed by atoms with van der Waals surface area (Å²) in [6.07, 6.45) is 9.01. The molecule has 0 radical (unpaired) electrons. The Labute approximate surface area is 109 Å². The van der Waals surface area contributed by atoms with E-state index in [0.717, 1.165) is 11.1 Å². The van der Waals surface area contributed by atoms with Crippen LogP contribution in [0.25, 0.3) is 0 Å². The van der Waals surface area contributed by atoms with Crippen LogP contribution in [-0.2, 0) is 0 Å². The molecule has 1 aromatic carbocycles. The molecule has 1 atom stereocenters. The second-order valence-electron chi connectivity index (χ2n) is 3.79. The number of hydrogen-bond acceptors (Lipinski definition) is 2. The molecule has 0 spiro atoms. The van der Waals surface area contributed by atoms with Crippen molar-refractivity contribution >= 4 is 0 Å². The Bertz CT molecular complexity index is 493. The van der Waals surface area contributed by atoms with Crippen molar-refractivity contribution in [1.82, 2.24) is 4.90 Å². The monoisotopic (exact) mass is 236 g/mol. The van der Waals surface area contributed by atoms with E-state index in [4.69, 9.17) is 6.42 Å². The average Bonchev–Trinajstić information content (AvgIpc) is 2.40. The van der Waals surface area contributed by atoms with Crippen LogP contribution in [0.2, 0.25) is 0 Å². The SMILES string of the molecule is C#Cc1ccccc1C(C#N)N(CC=C)CC=C. The fraction of sp³-hybridized carbons (Fsp3) is 0.188. The molecule has 0 aliphatic rings. The second-order valence-corrected chi connectivity index (χ2v) is 3.79. The fourth-order valence-electron chi connectivity index (χ4n) is 1.83. The summed E-state index contributed by atoms with van der Waals surface area (Å²) >= 11 is 0. The molecular weight excluding hydrogens is 220 g/mol. The molecule has 0 aromatic heterocycles. The Kier molecular flexibility index (Phi) is 5.45. The summed E-state index contributed by atoms with van der Waals surface area (Å²) in [6.45, 7) is 8.65. The molecule has 2 heteroatoms. The molecule has 0 aliphatic carbocycles. The van der Waals surface area contributed by atoms with Crippen LogP contribution in [0, 0.1) is 23.7 Å². The van der Waals surface area contributed by atoms with Gasteiger partial charge in [0, 0.05) is 18.7 Å². The minimum atomic E-state index is -0.381. The van der Waals surface area contributed by atoms with E-state index in [-0.39, 0.29) is 6.04 Å². The number of nitrogens with zero attached hydrogens (tertiary/aromatic N) is 2. The summed E-state index contributed by atoms with van der Waals surface area (Å²) in [4.78, 5) is 1.97. The van der Waals surface area contributed by atoms with Gasteiger partial charge in [-0.15, -0.1) is 19.6 Å². The van der Waals surface area contributed by atoms with Gasteiger partial charge in [0.2, 0.25) is 0 Å². The molecule has 1 rings (SSSR count). The van der Waals surface area contributed by atoms with Gasteiger partial charge in [-0.25, -0.2) is 0 Å². The summed E-state index contributed by atoms with van der Waals surface area (Å²) < 4.78 is 0. The van der Waals surface area contributed by atoms with Crippen LogP contribution < -0.4 is 0 Å². The van der Waals surface area contributed by atoms with Gasteiger partial charge in [0.1, 0.15) is 6.04 Å². The Morgan fingerprint density at radius 2 is 1.89 bits per heavy atom. The highest BCUT2D eigenvalue weighted by Gasteiger charge is 2.20. The van der Waals surface area contributed by atoms with Crippen molar-refractivity contribution in [2.75, 3.05) is 13.1 Å².